The highest BCUT2D eigenvalue weighted by molar-refractivity contribution is 7.98. The molecule has 3 N–H and O–H groups in total. The van der Waals surface area contributed by atoms with Crippen LogP contribution in [-0.4, -0.2) is 30.8 Å². The molecule has 4 aromatic rings. The summed E-state index contributed by atoms with van der Waals surface area (Å²) in [5.74, 6) is 0.902. The van der Waals surface area contributed by atoms with Crippen LogP contribution >= 0.6 is 23.4 Å². The number of carbonyl (C=O) groups is 1. The van der Waals surface area contributed by atoms with Crippen LogP contribution in [0.1, 0.15) is 24.1 Å². The van der Waals surface area contributed by atoms with Gasteiger partial charge < -0.3 is 15.7 Å². The first-order chi connectivity index (χ1) is 17.0. The lowest BCUT2D eigenvalue weighted by Crippen LogP contribution is -2.31. The summed E-state index contributed by atoms with van der Waals surface area (Å²) < 4.78 is 1.68. The van der Waals surface area contributed by atoms with Gasteiger partial charge in [-0.2, -0.15) is 4.98 Å². The first-order valence-electron chi connectivity index (χ1n) is 10.8. The number of aromatic hydroxyl groups is 1. The van der Waals surface area contributed by atoms with Crippen molar-refractivity contribution in [3.63, 3.8) is 0 Å². The minimum atomic E-state index is -0.600. The van der Waals surface area contributed by atoms with Gasteiger partial charge in [-0.1, -0.05) is 53.7 Å². The number of fused-ring (bicyclic) bond motifs is 1. The van der Waals surface area contributed by atoms with E-state index >= 15 is 0 Å². The maximum atomic E-state index is 13.4. The Labute approximate surface area is 211 Å². The molecule has 0 unspecified atom stereocenters. The molecule has 10 heteroatoms. The van der Waals surface area contributed by atoms with Gasteiger partial charge in [0.15, 0.2) is 0 Å². The number of phenols is 1. The van der Waals surface area contributed by atoms with E-state index in [9.17, 15) is 9.90 Å². The van der Waals surface area contributed by atoms with Crippen molar-refractivity contribution in [2.24, 2.45) is 0 Å². The van der Waals surface area contributed by atoms with E-state index in [-0.39, 0.29) is 11.7 Å². The molecule has 1 amide bonds. The number of hydrogen-bond acceptors (Lipinski definition) is 7. The number of rotatable bonds is 6. The number of halogens is 1. The highest BCUT2D eigenvalue weighted by atomic mass is 35.5. The summed E-state index contributed by atoms with van der Waals surface area (Å²) in [6, 6.07) is 17.4. The number of aromatic nitrogens is 4. The Balaban J connectivity index is 1.50. The van der Waals surface area contributed by atoms with Gasteiger partial charge >= 0.3 is 0 Å². The number of nitrogens with zero attached hydrogens (tertiary/aromatic N) is 4. The molecule has 3 heterocycles. The third-order valence-electron chi connectivity index (χ3n) is 5.50. The highest BCUT2D eigenvalue weighted by Gasteiger charge is 2.34. The fourth-order valence-electron chi connectivity index (χ4n) is 3.88. The van der Waals surface area contributed by atoms with Crippen LogP contribution in [0.4, 0.5) is 11.6 Å². The maximum absolute atomic E-state index is 13.4. The fraction of sp³-hybridized carbons (Fsp3) is 0.120. The predicted molar refractivity (Wildman–Crippen MR) is 136 cm³/mol. The second kappa shape index (κ2) is 9.81. The Bertz CT molecular complexity index is 1420. The molecule has 0 bridgehead atoms. The van der Waals surface area contributed by atoms with Crippen molar-refractivity contribution in [2.75, 3.05) is 10.6 Å². The zero-order valence-electron chi connectivity index (χ0n) is 18.6. The summed E-state index contributed by atoms with van der Waals surface area (Å²) in [6.45, 7) is 1.82. The van der Waals surface area contributed by atoms with Crippen molar-refractivity contribution < 1.29 is 9.90 Å². The number of anilines is 2. The molecule has 1 aliphatic heterocycles. The molecule has 8 nitrogen and oxygen atoms in total. The summed E-state index contributed by atoms with van der Waals surface area (Å²) >= 11 is 7.75. The van der Waals surface area contributed by atoms with Crippen molar-refractivity contribution in [1.29, 1.82) is 0 Å². The van der Waals surface area contributed by atoms with Crippen molar-refractivity contribution in [1.82, 2.24) is 19.7 Å². The van der Waals surface area contributed by atoms with E-state index in [1.165, 1.54) is 11.8 Å². The molecule has 0 saturated heterocycles. The van der Waals surface area contributed by atoms with Crippen LogP contribution in [-0.2, 0) is 10.5 Å². The van der Waals surface area contributed by atoms with Crippen LogP contribution in [0.25, 0.3) is 0 Å². The highest BCUT2D eigenvalue weighted by Crippen LogP contribution is 2.38. The fourth-order valence-corrected chi connectivity index (χ4v) is 5.00. The Kier molecular flexibility index (Phi) is 6.43. The Morgan fingerprint density at radius 2 is 2.06 bits per heavy atom. The molecular weight excluding hydrogens is 484 g/mol. The van der Waals surface area contributed by atoms with Gasteiger partial charge in [0.1, 0.15) is 11.8 Å². The topological polar surface area (TPSA) is 105 Å². The van der Waals surface area contributed by atoms with E-state index in [0.717, 1.165) is 5.56 Å². The molecular formula is C25H21ClN6O2S. The zero-order chi connectivity index (χ0) is 24.4. The summed E-state index contributed by atoms with van der Waals surface area (Å²) in [4.78, 5) is 22.1. The smallest absolute Gasteiger partial charge is 0.255 e. The number of pyridine rings is 1. The third-order valence-corrected chi connectivity index (χ3v) is 6.75. The molecule has 35 heavy (non-hydrogen) atoms. The lowest BCUT2D eigenvalue weighted by atomic mass is 9.95. The molecule has 5 rings (SSSR count). The lowest BCUT2D eigenvalue weighted by molar-refractivity contribution is -0.113. The monoisotopic (exact) mass is 504 g/mol. The van der Waals surface area contributed by atoms with Crippen molar-refractivity contribution in [2.45, 2.75) is 23.9 Å². The number of phenolic OH excluding ortho intramolecular Hbond substituents is 1. The van der Waals surface area contributed by atoms with Crippen molar-refractivity contribution >= 4 is 40.9 Å². The maximum Gasteiger partial charge on any atom is 0.255 e. The van der Waals surface area contributed by atoms with Gasteiger partial charge in [0.25, 0.3) is 5.91 Å². The van der Waals surface area contributed by atoms with Crippen LogP contribution in [0, 0.1) is 0 Å². The number of hydrogen-bond donors (Lipinski definition) is 3. The number of carbonyl (C=O) groups excluding carboxylic acids is 1. The first kappa shape index (κ1) is 22.9. The van der Waals surface area contributed by atoms with Crippen molar-refractivity contribution in [3.8, 4) is 5.75 Å². The van der Waals surface area contributed by atoms with E-state index in [2.05, 4.69) is 20.6 Å². The Morgan fingerprint density at radius 1 is 1.20 bits per heavy atom. The van der Waals surface area contributed by atoms with Crippen LogP contribution in [0.3, 0.4) is 0 Å². The average molecular weight is 505 g/mol. The zero-order valence-corrected chi connectivity index (χ0v) is 20.2. The number of nitrogens with one attached hydrogen (secondary N) is 2. The van der Waals surface area contributed by atoms with Gasteiger partial charge in [-0.25, -0.2) is 4.68 Å². The van der Waals surface area contributed by atoms with Crippen LogP contribution in [0.2, 0.25) is 5.02 Å². The molecule has 0 aliphatic carbocycles. The van der Waals surface area contributed by atoms with Gasteiger partial charge in [0.05, 0.1) is 17.5 Å². The molecule has 0 spiro atoms. The van der Waals surface area contributed by atoms with E-state index in [0.29, 0.717) is 44.4 Å². The molecule has 176 valence electrons. The average Bonchev–Trinajstić information content (AvgIpc) is 3.25. The summed E-state index contributed by atoms with van der Waals surface area (Å²) in [5.41, 5.74) is 3.36. The molecule has 0 radical (unpaired) electrons. The SMILES string of the molecule is CC1=C(C(=O)Nc2cccnc2)[C@H](c2cccc(O)c2)n2nc(SCc3ccccc3Cl)nc2N1. The van der Waals surface area contributed by atoms with E-state index in [1.54, 1.807) is 47.4 Å². The van der Waals surface area contributed by atoms with E-state index in [1.807, 2.05) is 37.3 Å². The third kappa shape index (κ3) is 4.87. The largest absolute Gasteiger partial charge is 0.508 e. The number of amides is 1. The van der Waals surface area contributed by atoms with Crippen LogP contribution in [0.5, 0.6) is 5.75 Å². The minimum Gasteiger partial charge on any atom is -0.508 e. The standard InChI is InChI=1S/C25H21ClN6O2S/c1-15-21(23(34)29-18-8-5-11-27-13-18)22(16-7-4-9-19(33)12-16)32-24(28-15)30-25(31-32)35-14-17-6-2-3-10-20(17)26/h2-13,22,33H,14H2,1H3,(H,29,34)(H,28,30,31)/t22-/m0/s1. The van der Waals surface area contributed by atoms with E-state index in [4.69, 9.17) is 16.7 Å². The predicted octanol–water partition coefficient (Wildman–Crippen LogP) is 5.25. The number of thioether (sulfide) groups is 1. The van der Waals surface area contributed by atoms with E-state index < -0.39 is 6.04 Å². The summed E-state index contributed by atoms with van der Waals surface area (Å²) in [6.07, 6.45) is 3.22. The van der Waals surface area contributed by atoms with Gasteiger partial charge in [-0.05, 0) is 48.4 Å². The van der Waals surface area contributed by atoms with Gasteiger partial charge in [0.2, 0.25) is 11.1 Å². The molecule has 1 aliphatic rings. The molecule has 2 aromatic heterocycles. The number of allylic oxidation sites excluding steroid dienone is 1. The normalized spacial score (nSPS) is 14.9. The molecule has 1 atom stereocenters. The quantitative estimate of drug-likeness (QED) is 0.308. The second-order valence-corrected chi connectivity index (χ2v) is 9.25. The Morgan fingerprint density at radius 3 is 2.83 bits per heavy atom. The molecule has 0 saturated carbocycles. The molecule has 0 fully saturated rings. The van der Waals surface area contributed by atoms with Crippen LogP contribution < -0.4 is 10.6 Å². The number of benzene rings is 2. The molecule has 2 aromatic carbocycles. The van der Waals surface area contributed by atoms with Crippen molar-refractivity contribution in [3.05, 3.63) is 100 Å². The minimum absolute atomic E-state index is 0.0979. The first-order valence-corrected chi connectivity index (χ1v) is 12.2. The van der Waals surface area contributed by atoms with Crippen LogP contribution in [0.15, 0.2) is 89.5 Å². The van der Waals surface area contributed by atoms with Gasteiger partial charge in [0, 0.05) is 22.7 Å². The Hall–Kier alpha value is -3.82. The summed E-state index contributed by atoms with van der Waals surface area (Å²) in [5, 5.41) is 22.2. The lowest BCUT2D eigenvalue weighted by Gasteiger charge is -2.28. The second-order valence-electron chi connectivity index (χ2n) is 7.90. The summed E-state index contributed by atoms with van der Waals surface area (Å²) in [7, 11) is 0. The van der Waals surface area contributed by atoms with Gasteiger partial charge in [-0.3, -0.25) is 9.78 Å². The van der Waals surface area contributed by atoms with Gasteiger partial charge in [-0.15, -0.1) is 5.10 Å².